The fourth-order valence-electron chi connectivity index (χ4n) is 2.14. The lowest BCUT2D eigenvalue weighted by atomic mass is 10.2. The van der Waals surface area contributed by atoms with Crippen molar-refractivity contribution in [2.45, 2.75) is 11.8 Å². The standard InChI is InChI=1S/C15H12FNO2S/c1-11-5-7-12(8-6-11)20(18,19)17-10-9-13-14(16)3-2-4-15(13)17/h2-10H,1H3/i16-1. The Balaban J connectivity index is 2.24. The van der Waals surface area contributed by atoms with Gasteiger partial charge in [-0.1, -0.05) is 23.8 Å². The number of hydrogen-bond donors (Lipinski definition) is 0. The van der Waals surface area contributed by atoms with E-state index < -0.39 is 15.8 Å². The smallest absolute Gasteiger partial charge is 0.241 e. The van der Waals surface area contributed by atoms with Crippen LogP contribution < -0.4 is 0 Å². The van der Waals surface area contributed by atoms with Gasteiger partial charge in [0.1, 0.15) is 5.82 Å². The molecule has 102 valence electrons. The van der Waals surface area contributed by atoms with Gasteiger partial charge in [-0.05, 0) is 37.3 Å². The minimum absolute atomic E-state index is 0.185. The number of fused-ring (bicyclic) bond motifs is 1. The fraction of sp³-hybridized carbons (Fsp3) is 0.0667. The van der Waals surface area contributed by atoms with E-state index in [1.807, 2.05) is 6.92 Å². The number of aryl methyl sites for hydroxylation is 1. The summed E-state index contributed by atoms with van der Waals surface area (Å²) in [5.41, 5.74) is 1.32. The van der Waals surface area contributed by atoms with Gasteiger partial charge in [0.05, 0.1) is 10.4 Å². The van der Waals surface area contributed by atoms with E-state index >= 15 is 0 Å². The van der Waals surface area contributed by atoms with E-state index in [-0.39, 0.29) is 4.90 Å². The van der Waals surface area contributed by atoms with Gasteiger partial charge in [-0.15, -0.1) is 0 Å². The van der Waals surface area contributed by atoms with Crippen LogP contribution in [0.5, 0.6) is 0 Å². The maximum absolute atomic E-state index is 13.6. The summed E-state index contributed by atoms with van der Waals surface area (Å²) in [6.45, 7) is 1.89. The average Bonchev–Trinajstić information content (AvgIpc) is 2.85. The third kappa shape index (κ3) is 1.91. The Morgan fingerprint density at radius 2 is 1.70 bits per heavy atom. The summed E-state index contributed by atoms with van der Waals surface area (Å²) in [5, 5.41) is 0.295. The van der Waals surface area contributed by atoms with Crippen LogP contribution in [0, 0.1) is 12.7 Å². The molecule has 0 fully saturated rings. The second kappa shape index (κ2) is 4.45. The largest absolute Gasteiger partial charge is 0.268 e. The van der Waals surface area contributed by atoms with Crippen LogP contribution in [0.1, 0.15) is 5.56 Å². The number of halogens is 1. The first kappa shape index (κ1) is 12.9. The van der Waals surface area contributed by atoms with Crippen molar-refractivity contribution in [1.82, 2.24) is 3.97 Å². The highest BCUT2D eigenvalue weighted by atomic mass is 32.2. The molecular weight excluding hydrogens is 276 g/mol. The van der Waals surface area contributed by atoms with Crippen molar-refractivity contribution in [3.63, 3.8) is 0 Å². The third-order valence-electron chi connectivity index (χ3n) is 3.22. The first-order valence-electron chi connectivity index (χ1n) is 6.08. The summed E-state index contributed by atoms with van der Waals surface area (Å²) in [7, 11) is -3.71. The van der Waals surface area contributed by atoms with Crippen LogP contribution in [0.25, 0.3) is 10.9 Å². The minimum atomic E-state index is -3.71. The van der Waals surface area contributed by atoms with Crippen LogP contribution in [0.3, 0.4) is 0 Å². The van der Waals surface area contributed by atoms with Crippen molar-refractivity contribution in [2.24, 2.45) is 0 Å². The molecular formula is C15H12FNO2S. The van der Waals surface area contributed by atoms with E-state index in [9.17, 15) is 12.8 Å². The van der Waals surface area contributed by atoms with Gasteiger partial charge in [0.2, 0.25) is 0 Å². The Morgan fingerprint density at radius 1 is 1.00 bits per heavy atom. The van der Waals surface area contributed by atoms with Gasteiger partial charge in [0, 0.05) is 11.6 Å². The zero-order chi connectivity index (χ0) is 14.3. The van der Waals surface area contributed by atoms with E-state index in [0.29, 0.717) is 10.9 Å². The van der Waals surface area contributed by atoms with Crippen LogP contribution in [0.15, 0.2) is 59.6 Å². The van der Waals surface area contributed by atoms with Crippen molar-refractivity contribution in [1.29, 1.82) is 0 Å². The highest BCUT2D eigenvalue weighted by molar-refractivity contribution is 7.90. The SMILES string of the molecule is Cc1ccc(S(=O)(=O)n2ccc3c([18F])cccc32)cc1. The highest BCUT2D eigenvalue weighted by Crippen LogP contribution is 2.24. The first-order chi connectivity index (χ1) is 9.50. The maximum atomic E-state index is 13.6. The number of hydrogen-bond acceptors (Lipinski definition) is 2. The van der Waals surface area contributed by atoms with Crippen molar-refractivity contribution in [3.05, 3.63) is 66.1 Å². The Hall–Kier alpha value is -2.14. The molecule has 0 radical (unpaired) electrons. The topological polar surface area (TPSA) is 39.1 Å². The van der Waals surface area contributed by atoms with Gasteiger partial charge >= 0.3 is 0 Å². The molecule has 0 saturated heterocycles. The number of rotatable bonds is 2. The molecule has 2 aromatic carbocycles. The van der Waals surface area contributed by atoms with E-state index in [0.717, 1.165) is 9.54 Å². The zero-order valence-corrected chi connectivity index (χ0v) is 11.6. The molecule has 1 heterocycles. The molecule has 0 aliphatic rings. The monoisotopic (exact) mass is 288 g/mol. The fourth-order valence-corrected chi connectivity index (χ4v) is 3.49. The van der Waals surface area contributed by atoms with Gasteiger partial charge in [-0.2, -0.15) is 0 Å². The normalized spacial score (nSPS) is 11.9. The predicted octanol–water partition coefficient (Wildman–Crippen LogP) is 3.33. The second-order valence-corrected chi connectivity index (χ2v) is 6.42. The molecule has 3 nitrogen and oxygen atoms in total. The van der Waals surface area contributed by atoms with E-state index in [1.54, 1.807) is 30.3 Å². The second-order valence-electron chi connectivity index (χ2n) is 4.60. The lowest BCUT2D eigenvalue weighted by molar-refractivity contribution is 0.589. The summed E-state index contributed by atoms with van der Waals surface area (Å²) < 4.78 is 39.9. The van der Waals surface area contributed by atoms with Crippen LogP contribution in [-0.4, -0.2) is 12.4 Å². The summed E-state index contributed by atoms with van der Waals surface area (Å²) in [5.74, 6) is -0.430. The lowest BCUT2D eigenvalue weighted by Gasteiger charge is -2.08. The van der Waals surface area contributed by atoms with Crippen LogP contribution >= 0.6 is 0 Å². The maximum Gasteiger partial charge on any atom is 0.268 e. The van der Waals surface area contributed by atoms with Crippen LogP contribution in [0.4, 0.5) is 4.39 Å². The molecule has 1 aromatic heterocycles. The highest BCUT2D eigenvalue weighted by Gasteiger charge is 2.19. The van der Waals surface area contributed by atoms with E-state index in [1.165, 1.54) is 24.4 Å². The van der Waals surface area contributed by atoms with Gasteiger partial charge in [0.25, 0.3) is 10.0 Å². The Kier molecular flexibility index (Phi) is 2.87. The number of aromatic nitrogens is 1. The lowest BCUT2D eigenvalue weighted by Crippen LogP contribution is -2.11. The van der Waals surface area contributed by atoms with E-state index in [2.05, 4.69) is 0 Å². The quantitative estimate of drug-likeness (QED) is 0.725. The molecule has 0 unspecified atom stereocenters. The van der Waals surface area contributed by atoms with Gasteiger partial charge in [-0.3, -0.25) is 0 Å². The Morgan fingerprint density at radius 3 is 2.40 bits per heavy atom. The molecule has 0 bridgehead atoms. The Bertz CT molecular complexity index is 880. The predicted molar refractivity (Wildman–Crippen MR) is 75.7 cm³/mol. The van der Waals surface area contributed by atoms with Crippen molar-refractivity contribution < 1.29 is 12.8 Å². The molecule has 0 amide bonds. The van der Waals surface area contributed by atoms with Crippen LogP contribution in [0.2, 0.25) is 0 Å². The molecule has 0 aliphatic carbocycles. The molecule has 0 atom stereocenters. The number of nitrogens with zero attached hydrogens (tertiary/aromatic N) is 1. The molecule has 5 heteroatoms. The first-order valence-corrected chi connectivity index (χ1v) is 7.52. The number of benzene rings is 2. The summed E-state index contributed by atoms with van der Waals surface area (Å²) in [6.07, 6.45) is 1.38. The molecule has 0 N–H and O–H groups in total. The van der Waals surface area contributed by atoms with E-state index in [4.69, 9.17) is 0 Å². The van der Waals surface area contributed by atoms with Gasteiger partial charge < -0.3 is 0 Å². The van der Waals surface area contributed by atoms with Crippen molar-refractivity contribution >= 4 is 20.9 Å². The summed E-state index contributed by atoms with van der Waals surface area (Å²) in [4.78, 5) is 0.185. The minimum Gasteiger partial charge on any atom is -0.241 e. The van der Waals surface area contributed by atoms with Crippen molar-refractivity contribution in [3.8, 4) is 0 Å². The Labute approximate surface area is 116 Å². The van der Waals surface area contributed by atoms with Crippen molar-refractivity contribution in [2.75, 3.05) is 0 Å². The van der Waals surface area contributed by atoms with Gasteiger partial charge in [0.15, 0.2) is 0 Å². The van der Waals surface area contributed by atoms with Crippen LogP contribution in [-0.2, 0) is 10.0 Å². The van der Waals surface area contributed by atoms with Gasteiger partial charge in [-0.25, -0.2) is 16.8 Å². The molecule has 0 aliphatic heterocycles. The molecule has 3 aromatic rings. The summed E-state index contributed by atoms with van der Waals surface area (Å²) >= 11 is 0. The third-order valence-corrected chi connectivity index (χ3v) is 4.93. The molecule has 0 spiro atoms. The molecule has 20 heavy (non-hydrogen) atoms. The molecule has 0 saturated carbocycles. The molecule has 3 rings (SSSR count). The summed E-state index contributed by atoms with van der Waals surface area (Å²) in [6, 6.07) is 12.4. The zero-order valence-electron chi connectivity index (χ0n) is 10.7. The average molecular weight is 288 g/mol.